The number of thiazole rings is 1. The van der Waals surface area contributed by atoms with Gasteiger partial charge in [0.25, 0.3) is 5.91 Å². The number of phenolic OH excluding ortho intramolecular Hbond substituents is 1. The van der Waals surface area contributed by atoms with E-state index in [0.717, 1.165) is 5.56 Å². The van der Waals surface area contributed by atoms with Crippen molar-refractivity contribution in [2.75, 3.05) is 6.54 Å². The highest BCUT2D eigenvalue weighted by molar-refractivity contribution is 7.14. The third kappa shape index (κ3) is 5.59. The molecule has 29 heavy (non-hydrogen) atoms. The lowest BCUT2D eigenvalue weighted by atomic mass is 10.1. The molecule has 0 aliphatic carbocycles. The highest BCUT2D eigenvalue weighted by Gasteiger charge is 2.39. The molecule has 0 aliphatic heterocycles. The fraction of sp³-hybridized carbons (Fsp3) is 0.143. The third-order valence-electron chi connectivity index (χ3n) is 3.83. The lowest BCUT2D eigenvalue weighted by Gasteiger charge is -2.07. The standard InChI is InChI=1S/C21H15F3N2O2S/c22-21(23,24)19-18(20(28)25-13-12-14-4-2-1-3-5-14)29-17(26-19)11-8-15-6-9-16(27)10-7-15/h1-7,9-10,27H,12-13H2,(H,25,28). The molecule has 0 radical (unpaired) electrons. The summed E-state index contributed by atoms with van der Waals surface area (Å²) in [5.74, 6) is 4.44. The fourth-order valence-corrected chi connectivity index (χ4v) is 3.29. The molecule has 1 heterocycles. The van der Waals surface area contributed by atoms with Gasteiger partial charge in [0.2, 0.25) is 0 Å². The Morgan fingerprint density at radius 1 is 1.07 bits per heavy atom. The Morgan fingerprint density at radius 3 is 2.41 bits per heavy atom. The Bertz CT molecular complexity index is 1050. The van der Waals surface area contributed by atoms with E-state index in [4.69, 9.17) is 0 Å². The van der Waals surface area contributed by atoms with Gasteiger partial charge in [-0.15, -0.1) is 0 Å². The number of alkyl halides is 3. The van der Waals surface area contributed by atoms with Gasteiger partial charge in [-0.05, 0) is 42.2 Å². The summed E-state index contributed by atoms with van der Waals surface area (Å²) in [4.78, 5) is 15.3. The van der Waals surface area contributed by atoms with Crippen molar-refractivity contribution in [1.29, 1.82) is 0 Å². The van der Waals surface area contributed by atoms with E-state index >= 15 is 0 Å². The van der Waals surface area contributed by atoms with Crippen LogP contribution in [0.5, 0.6) is 5.75 Å². The van der Waals surface area contributed by atoms with Crippen molar-refractivity contribution < 1.29 is 23.1 Å². The Kier molecular flexibility index (Phi) is 6.20. The van der Waals surface area contributed by atoms with Crippen LogP contribution in [-0.4, -0.2) is 22.5 Å². The van der Waals surface area contributed by atoms with E-state index in [2.05, 4.69) is 22.1 Å². The number of halogens is 3. The van der Waals surface area contributed by atoms with E-state index < -0.39 is 22.7 Å². The molecule has 3 rings (SSSR count). The van der Waals surface area contributed by atoms with Crippen molar-refractivity contribution >= 4 is 17.2 Å². The number of rotatable bonds is 4. The maximum Gasteiger partial charge on any atom is 0.435 e. The summed E-state index contributed by atoms with van der Waals surface area (Å²) in [7, 11) is 0. The minimum atomic E-state index is -4.76. The normalized spacial score (nSPS) is 10.9. The van der Waals surface area contributed by atoms with Gasteiger partial charge < -0.3 is 10.4 Å². The summed E-state index contributed by atoms with van der Waals surface area (Å²) in [6.07, 6.45) is -4.26. The quantitative estimate of drug-likeness (QED) is 0.626. The molecule has 0 atom stereocenters. The Balaban J connectivity index is 1.76. The van der Waals surface area contributed by atoms with E-state index in [1.165, 1.54) is 24.3 Å². The minimum absolute atomic E-state index is 0.0543. The summed E-state index contributed by atoms with van der Waals surface area (Å²) in [6, 6.07) is 15.2. The van der Waals surface area contributed by atoms with Crippen LogP contribution in [0.25, 0.3) is 0 Å². The van der Waals surface area contributed by atoms with Gasteiger partial charge in [0.05, 0.1) is 0 Å². The van der Waals surface area contributed by atoms with Crippen LogP contribution in [0.1, 0.15) is 31.5 Å². The molecular formula is C21H15F3N2O2S. The monoisotopic (exact) mass is 416 g/mol. The molecule has 148 valence electrons. The maximum absolute atomic E-state index is 13.3. The predicted molar refractivity (Wildman–Crippen MR) is 104 cm³/mol. The largest absolute Gasteiger partial charge is 0.508 e. The van der Waals surface area contributed by atoms with Crippen molar-refractivity contribution in [3.05, 3.63) is 81.3 Å². The van der Waals surface area contributed by atoms with Gasteiger partial charge in [-0.2, -0.15) is 13.2 Å². The number of phenols is 1. The van der Waals surface area contributed by atoms with Crippen LogP contribution in [0.15, 0.2) is 54.6 Å². The van der Waals surface area contributed by atoms with Crippen LogP contribution >= 0.6 is 11.3 Å². The molecule has 0 spiro atoms. The topological polar surface area (TPSA) is 62.2 Å². The lowest BCUT2D eigenvalue weighted by molar-refractivity contribution is -0.141. The van der Waals surface area contributed by atoms with Gasteiger partial charge in [0.15, 0.2) is 10.7 Å². The van der Waals surface area contributed by atoms with Gasteiger partial charge in [0.1, 0.15) is 10.6 Å². The SMILES string of the molecule is O=C(NCCc1ccccc1)c1sc(C#Cc2ccc(O)cc2)nc1C(F)(F)F. The zero-order chi connectivity index (χ0) is 20.9. The van der Waals surface area contributed by atoms with Gasteiger partial charge in [0, 0.05) is 12.1 Å². The summed E-state index contributed by atoms with van der Waals surface area (Å²) in [5.41, 5.74) is 0.226. The first-order chi connectivity index (χ1) is 13.8. The molecular weight excluding hydrogens is 401 g/mol. The fourth-order valence-electron chi connectivity index (χ4n) is 2.44. The Labute approximate surface area is 169 Å². The van der Waals surface area contributed by atoms with Crippen LogP contribution in [0, 0.1) is 11.8 Å². The second kappa shape index (κ2) is 8.80. The molecule has 4 nitrogen and oxygen atoms in total. The molecule has 2 aromatic carbocycles. The molecule has 0 fully saturated rings. The Morgan fingerprint density at radius 2 is 1.76 bits per heavy atom. The number of hydrogen-bond acceptors (Lipinski definition) is 4. The first-order valence-corrected chi connectivity index (χ1v) is 9.36. The van der Waals surface area contributed by atoms with Crippen LogP contribution in [0.3, 0.4) is 0 Å². The average molecular weight is 416 g/mol. The van der Waals surface area contributed by atoms with Crippen molar-refractivity contribution in [2.24, 2.45) is 0 Å². The van der Waals surface area contributed by atoms with Crippen LogP contribution < -0.4 is 5.32 Å². The number of carbonyl (C=O) groups is 1. The van der Waals surface area contributed by atoms with Gasteiger partial charge in [-0.3, -0.25) is 4.79 Å². The summed E-state index contributed by atoms with van der Waals surface area (Å²) in [6.45, 7) is 0.201. The number of amides is 1. The Hall–Kier alpha value is -3.31. The number of benzene rings is 2. The lowest BCUT2D eigenvalue weighted by Crippen LogP contribution is -2.27. The number of carbonyl (C=O) groups excluding carboxylic acids is 1. The van der Waals surface area contributed by atoms with E-state index in [0.29, 0.717) is 23.3 Å². The molecule has 0 saturated heterocycles. The number of nitrogens with one attached hydrogen (secondary N) is 1. The predicted octanol–water partition coefficient (Wildman–Crippen LogP) is 4.24. The average Bonchev–Trinajstić information content (AvgIpc) is 3.13. The number of aromatic hydroxyl groups is 1. The molecule has 2 N–H and O–H groups in total. The second-order valence-electron chi connectivity index (χ2n) is 5.98. The summed E-state index contributed by atoms with van der Waals surface area (Å²) in [5, 5.41) is 11.6. The molecule has 1 aromatic heterocycles. The van der Waals surface area contributed by atoms with E-state index in [-0.39, 0.29) is 17.3 Å². The smallest absolute Gasteiger partial charge is 0.435 e. The van der Waals surface area contributed by atoms with Gasteiger partial charge in [-0.25, -0.2) is 4.98 Å². The van der Waals surface area contributed by atoms with E-state index in [1.807, 2.05) is 30.3 Å². The molecule has 1 amide bonds. The van der Waals surface area contributed by atoms with Crippen LogP contribution in [0.2, 0.25) is 0 Å². The number of nitrogens with zero attached hydrogens (tertiary/aromatic N) is 1. The zero-order valence-corrected chi connectivity index (χ0v) is 15.8. The molecule has 0 saturated carbocycles. The molecule has 0 aliphatic rings. The van der Waals surface area contributed by atoms with E-state index in [9.17, 15) is 23.1 Å². The maximum atomic E-state index is 13.3. The molecule has 8 heteroatoms. The molecule has 3 aromatic rings. The van der Waals surface area contributed by atoms with Crippen molar-refractivity contribution in [1.82, 2.24) is 10.3 Å². The van der Waals surface area contributed by atoms with E-state index in [1.54, 1.807) is 0 Å². The summed E-state index contributed by atoms with van der Waals surface area (Å²) >= 11 is 0.597. The molecule has 0 unspecified atom stereocenters. The van der Waals surface area contributed by atoms with Gasteiger partial charge >= 0.3 is 6.18 Å². The van der Waals surface area contributed by atoms with Gasteiger partial charge in [-0.1, -0.05) is 47.6 Å². The first-order valence-electron chi connectivity index (χ1n) is 8.54. The highest BCUT2D eigenvalue weighted by Crippen LogP contribution is 2.34. The molecule has 0 bridgehead atoms. The zero-order valence-electron chi connectivity index (χ0n) is 15.0. The minimum Gasteiger partial charge on any atom is -0.508 e. The van der Waals surface area contributed by atoms with Crippen molar-refractivity contribution in [3.63, 3.8) is 0 Å². The number of aromatic nitrogens is 1. The number of hydrogen-bond donors (Lipinski definition) is 2. The van der Waals surface area contributed by atoms with Crippen LogP contribution in [0.4, 0.5) is 13.2 Å². The second-order valence-corrected chi connectivity index (χ2v) is 6.98. The first kappa shape index (κ1) is 20.4. The van der Waals surface area contributed by atoms with Crippen molar-refractivity contribution in [2.45, 2.75) is 12.6 Å². The summed E-state index contributed by atoms with van der Waals surface area (Å²) < 4.78 is 39.9. The van der Waals surface area contributed by atoms with Crippen LogP contribution in [-0.2, 0) is 12.6 Å². The third-order valence-corrected chi connectivity index (χ3v) is 4.79. The van der Waals surface area contributed by atoms with Crippen molar-refractivity contribution in [3.8, 4) is 17.6 Å². The highest BCUT2D eigenvalue weighted by atomic mass is 32.1.